The molecule has 14 heavy (non-hydrogen) atoms. The summed E-state index contributed by atoms with van der Waals surface area (Å²) in [5, 5.41) is 10.5. The molecule has 0 N–H and O–H groups in total. The molecular weight excluding hydrogens is 185 g/mol. The first kappa shape index (κ1) is 10.7. The number of rotatable bonds is 4. The van der Waals surface area contributed by atoms with E-state index in [0.29, 0.717) is 5.46 Å². The lowest BCUT2D eigenvalue weighted by atomic mass is 9.79. The summed E-state index contributed by atoms with van der Waals surface area (Å²) in [5.41, 5.74) is 0.658. The number of non-ortho nitro benzene ring substituents is 1. The molecule has 5 nitrogen and oxygen atoms in total. The molecule has 0 saturated carbocycles. The predicted octanol–water partition coefficient (Wildman–Crippen LogP) is 0.583. The van der Waals surface area contributed by atoms with Crippen LogP contribution < -0.4 is 5.46 Å². The summed E-state index contributed by atoms with van der Waals surface area (Å²) in [6.45, 7) is 0. The Balaban J connectivity index is 2.98. The Hall–Kier alpha value is -1.40. The van der Waals surface area contributed by atoms with Gasteiger partial charge in [0.1, 0.15) is 0 Å². The molecule has 0 fully saturated rings. The van der Waals surface area contributed by atoms with Gasteiger partial charge in [0.2, 0.25) is 0 Å². The highest BCUT2D eigenvalue weighted by atomic mass is 16.6. The van der Waals surface area contributed by atoms with Crippen LogP contribution in [0.15, 0.2) is 24.3 Å². The van der Waals surface area contributed by atoms with E-state index in [1.165, 1.54) is 26.4 Å². The highest BCUT2D eigenvalue weighted by Gasteiger charge is 2.19. The molecule has 0 atom stereocenters. The van der Waals surface area contributed by atoms with Crippen LogP contribution in [0.2, 0.25) is 0 Å². The van der Waals surface area contributed by atoms with Gasteiger partial charge in [0.15, 0.2) is 0 Å². The van der Waals surface area contributed by atoms with E-state index in [1.54, 1.807) is 12.1 Å². The molecule has 0 unspecified atom stereocenters. The van der Waals surface area contributed by atoms with Crippen LogP contribution in [0.4, 0.5) is 5.69 Å². The van der Waals surface area contributed by atoms with Gasteiger partial charge >= 0.3 is 7.12 Å². The molecule has 1 aromatic rings. The maximum absolute atomic E-state index is 10.5. The minimum atomic E-state index is -0.560. The molecule has 0 aliphatic heterocycles. The van der Waals surface area contributed by atoms with Gasteiger partial charge in [-0.2, -0.15) is 0 Å². The molecule has 6 heteroatoms. The Kier molecular flexibility index (Phi) is 3.61. The topological polar surface area (TPSA) is 61.6 Å². The first-order valence-corrected chi connectivity index (χ1v) is 3.99. The van der Waals surface area contributed by atoms with Crippen molar-refractivity contribution in [2.45, 2.75) is 0 Å². The zero-order chi connectivity index (χ0) is 10.6. The van der Waals surface area contributed by atoms with Crippen LogP contribution in [0.25, 0.3) is 0 Å². The van der Waals surface area contributed by atoms with E-state index in [-0.39, 0.29) is 5.69 Å². The lowest BCUT2D eigenvalue weighted by Crippen LogP contribution is -2.34. The Morgan fingerprint density at radius 2 is 2.00 bits per heavy atom. The van der Waals surface area contributed by atoms with Crippen molar-refractivity contribution in [3.63, 3.8) is 0 Å². The van der Waals surface area contributed by atoms with Crippen molar-refractivity contribution in [3.8, 4) is 0 Å². The quantitative estimate of drug-likeness (QED) is 0.400. The van der Waals surface area contributed by atoms with Gasteiger partial charge in [-0.1, -0.05) is 12.1 Å². The monoisotopic (exact) mass is 195 g/mol. The SMILES string of the molecule is COB(OC)c1cccc([N+](=O)[O-])c1. The maximum atomic E-state index is 10.5. The van der Waals surface area contributed by atoms with Crippen LogP contribution >= 0.6 is 0 Å². The zero-order valence-corrected chi connectivity index (χ0v) is 7.97. The third kappa shape index (κ3) is 2.30. The summed E-state index contributed by atoms with van der Waals surface area (Å²) in [7, 11) is 2.40. The molecule has 1 aromatic carbocycles. The first-order valence-electron chi connectivity index (χ1n) is 3.99. The zero-order valence-electron chi connectivity index (χ0n) is 7.97. The fraction of sp³-hybridized carbons (Fsp3) is 0.250. The standard InChI is InChI=1S/C8H10BNO4/c1-13-9(14-2)7-4-3-5-8(6-7)10(11)12/h3-6H,1-2H3. The molecule has 0 spiro atoms. The highest BCUT2D eigenvalue weighted by molar-refractivity contribution is 6.61. The number of benzene rings is 1. The molecular formula is C8H10BNO4. The minimum absolute atomic E-state index is 0.0293. The van der Waals surface area contributed by atoms with Crippen LogP contribution in [0.5, 0.6) is 0 Å². The largest absolute Gasteiger partial charge is 0.493 e. The number of nitrogens with zero attached hydrogens (tertiary/aromatic N) is 1. The number of nitro benzene ring substituents is 1. The van der Waals surface area contributed by atoms with Crippen LogP contribution in [0.3, 0.4) is 0 Å². The second-order valence-electron chi connectivity index (χ2n) is 2.66. The van der Waals surface area contributed by atoms with E-state index >= 15 is 0 Å². The Morgan fingerprint density at radius 3 is 2.50 bits per heavy atom. The summed E-state index contributed by atoms with van der Waals surface area (Å²) >= 11 is 0. The summed E-state index contributed by atoms with van der Waals surface area (Å²) in [6, 6.07) is 6.16. The molecule has 0 aliphatic carbocycles. The summed E-state index contributed by atoms with van der Waals surface area (Å²) < 4.78 is 9.95. The van der Waals surface area contributed by atoms with Gasteiger partial charge in [-0.25, -0.2) is 0 Å². The van der Waals surface area contributed by atoms with Gasteiger partial charge in [-0.05, 0) is 5.46 Å². The molecule has 0 aromatic heterocycles. The van der Waals surface area contributed by atoms with Crippen molar-refractivity contribution >= 4 is 18.3 Å². The van der Waals surface area contributed by atoms with E-state index in [2.05, 4.69) is 0 Å². The van der Waals surface area contributed by atoms with Crippen molar-refractivity contribution in [2.24, 2.45) is 0 Å². The first-order chi connectivity index (χ1) is 6.69. The van der Waals surface area contributed by atoms with Crippen molar-refractivity contribution < 1.29 is 14.2 Å². The third-order valence-electron chi connectivity index (χ3n) is 1.78. The lowest BCUT2D eigenvalue weighted by Gasteiger charge is -2.07. The number of nitro groups is 1. The Labute approximate surface area is 81.9 Å². The van der Waals surface area contributed by atoms with Crippen LogP contribution in [-0.4, -0.2) is 26.3 Å². The van der Waals surface area contributed by atoms with Crippen molar-refractivity contribution in [2.75, 3.05) is 14.2 Å². The second-order valence-corrected chi connectivity index (χ2v) is 2.66. The molecule has 0 aliphatic rings. The van der Waals surface area contributed by atoms with Crippen LogP contribution in [-0.2, 0) is 9.31 Å². The van der Waals surface area contributed by atoms with Gasteiger partial charge in [0, 0.05) is 26.4 Å². The molecule has 74 valence electrons. The fourth-order valence-corrected chi connectivity index (χ4v) is 1.15. The van der Waals surface area contributed by atoms with E-state index in [4.69, 9.17) is 9.31 Å². The Morgan fingerprint density at radius 1 is 1.36 bits per heavy atom. The molecule has 0 amide bonds. The lowest BCUT2D eigenvalue weighted by molar-refractivity contribution is -0.384. The predicted molar refractivity (Wildman–Crippen MR) is 52.5 cm³/mol. The van der Waals surface area contributed by atoms with E-state index in [9.17, 15) is 10.1 Å². The van der Waals surface area contributed by atoms with Crippen LogP contribution in [0, 0.1) is 10.1 Å². The summed E-state index contributed by atoms with van der Waals surface area (Å²) in [4.78, 5) is 10.0. The third-order valence-corrected chi connectivity index (χ3v) is 1.78. The molecule has 1 rings (SSSR count). The molecule has 0 saturated heterocycles. The minimum Gasteiger partial charge on any atom is -0.410 e. The highest BCUT2D eigenvalue weighted by Crippen LogP contribution is 2.07. The Bertz CT molecular complexity index is 327. The number of hydrogen-bond donors (Lipinski definition) is 0. The van der Waals surface area contributed by atoms with E-state index in [0.717, 1.165) is 0 Å². The summed E-state index contributed by atoms with van der Waals surface area (Å²) in [6.07, 6.45) is 0. The summed E-state index contributed by atoms with van der Waals surface area (Å²) in [5.74, 6) is 0. The van der Waals surface area contributed by atoms with E-state index < -0.39 is 12.0 Å². The van der Waals surface area contributed by atoms with Gasteiger partial charge < -0.3 is 9.31 Å². The van der Waals surface area contributed by atoms with Gasteiger partial charge in [-0.3, -0.25) is 10.1 Å². The fourth-order valence-electron chi connectivity index (χ4n) is 1.15. The van der Waals surface area contributed by atoms with Gasteiger partial charge in [-0.15, -0.1) is 0 Å². The smallest absolute Gasteiger partial charge is 0.410 e. The van der Waals surface area contributed by atoms with Crippen molar-refractivity contribution in [3.05, 3.63) is 34.4 Å². The van der Waals surface area contributed by atoms with Gasteiger partial charge in [0.05, 0.1) is 4.92 Å². The average Bonchev–Trinajstić information content (AvgIpc) is 2.20. The second kappa shape index (κ2) is 4.73. The normalized spacial score (nSPS) is 9.86. The average molecular weight is 195 g/mol. The number of hydrogen-bond acceptors (Lipinski definition) is 4. The molecule has 0 heterocycles. The van der Waals surface area contributed by atoms with Crippen molar-refractivity contribution in [1.29, 1.82) is 0 Å². The molecule has 0 radical (unpaired) electrons. The maximum Gasteiger partial charge on any atom is 0.493 e. The van der Waals surface area contributed by atoms with Crippen LogP contribution in [0.1, 0.15) is 0 Å². The van der Waals surface area contributed by atoms with E-state index in [1.807, 2.05) is 0 Å². The van der Waals surface area contributed by atoms with Crippen molar-refractivity contribution in [1.82, 2.24) is 0 Å². The molecule has 0 bridgehead atoms. The van der Waals surface area contributed by atoms with Gasteiger partial charge in [0.25, 0.3) is 5.69 Å².